The summed E-state index contributed by atoms with van der Waals surface area (Å²) >= 11 is 0. The van der Waals surface area contributed by atoms with Gasteiger partial charge in [-0.3, -0.25) is 4.90 Å². The van der Waals surface area contributed by atoms with E-state index in [-0.39, 0.29) is 11.6 Å². The Balaban J connectivity index is 1.09. The van der Waals surface area contributed by atoms with Crippen LogP contribution in [-0.2, 0) is 11.8 Å². The number of hydrogen-bond acceptors (Lipinski definition) is 2. The van der Waals surface area contributed by atoms with Crippen molar-refractivity contribution in [3.05, 3.63) is 185 Å². The van der Waals surface area contributed by atoms with Gasteiger partial charge < -0.3 is 4.57 Å². The molecular weight excluding hydrogens is 619 g/mol. The van der Waals surface area contributed by atoms with Gasteiger partial charge in [0, 0.05) is 39.0 Å². The second-order valence-electron chi connectivity index (χ2n) is 14.9. The standard InChI is InChI=1S/C48H39N3/c1-31-21-26-39-41-29-40-38-19-10-11-20-42(38)48(2,3)43(40)30-45(41)50(44(39)27-31)37-18-12-15-35(28-37)47-49-46(51(47)36-16-8-5-9-17-36)34-24-22-33(23-25-34)32-13-6-4-7-14-32/h4-26,28-31,47H,27H2,1-3H3. The van der Waals surface area contributed by atoms with Crippen LogP contribution in [0.25, 0.3) is 44.9 Å². The summed E-state index contributed by atoms with van der Waals surface area (Å²) < 4.78 is 2.55. The van der Waals surface area contributed by atoms with Crippen LogP contribution in [0.5, 0.6) is 0 Å². The first-order valence-corrected chi connectivity index (χ1v) is 18.1. The van der Waals surface area contributed by atoms with Gasteiger partial charge in [-0.15, -0.1) is 0 Å². The van der Waals surface area contributed by atoms with E-state index in [9.17, 15) is 0 Å². The highest BCUT2D eigenvalue weighted by Gasteiger charge is 2.37. The van der Waals surface area contributed by atoms with E-state index in [2.05, 4.69) is 188 Å². The van der Waals surface area contributed by atoms with Crippen molar-refractivity contribution in [2.75, 3.05) is 4.90 Å². The van der Waals surface area contributed by atoms with Crippen LogP contribution >= 0.6 is 0 Å². The smallest absolute Gasteiger partial charge is 0.155 e. The van der Waals surface area contributed by atoms with Gasteiger partial charge in [0.05, 0.1) is 5.52 Å². The third kappa shape index (κ3) is 4.61. The second-order valence-corrected chi connectivity index (χ2v) is 14.9. The van der Waals surface area contributed by atoms with Crippen molar-refractivity contribution in [2.24, 2.45) is 10.9 Å². The number of benzene rings is 6. The molecule has 6 aromatic carbocycles. The Labute approximate surface area is 299 Å². The number of anilines is 1. The van der Waals surface area contributed by atoms with Gasteiger partial charge in [-0.05, 0) is 87.7 Å². The van der Waals surface area contributed by atoms with Crippen molar-refractivity contribution in [1.29, 1.82) is 0 Å². The van der Waals surface area contributed by atoms with Gasteiger partial charge in [0.1, 0.15) is 5.84 Å². The first-order valence-electron chi connectivity index (χ1n) is 18.1. The number of allylic oxidation sites excluding steroid dienone is 1. The third-order valence-corrected chi connectivity index (χ3v) is 11.3. The van der Waals surface area contributed by atoms with Crippen LogP contribution in [0.2, 0.25) is 0 Å². The zero-order chi connectivity index (χ0) is 34.3. The quantitative estimate of drug-likeness (QED) is 0.180. The lowest BCUT2D eigenvalue weighted by molar-refractivity contribution is 0.660. The Morgan fingerprint density at radius 1 is 0.627 bits per heavy atom. The van der Waals surface area contributed by atoms with Gasteiger partial charge in [-0.1, -0.05) is 142 Å². The SMILES string of the molecule is CC1C=Cc2c(n(-c3cccc(C4N=C(c5ccc(-c6ccccc6)cc5)N4c4ccccc4)c3)c3cc4c(cc23)-c2ccccc2C4(C)C)C1. The van der Waals surface area contributed by atoms with Crippen molar-refractivity contribution in [3.63, 3.8) is 0 Å². The molecule has 0 amide bonds. The van der Waals surface area contributed by atoms with Crippen LogP contribution in [0.15, 0.2) is 157 Å². The molecule has 0 spiro atoms. The molecule has 3 nitrogen and oxygen atoms in total. The number of aliphatic imine (C=N–C) groups is 1. The molecule has 3 aliphatic rings. The summed E-state index contributed by atoms with van der Waals surface area (Å²) in [5.41, 5.74) is 16.6. The van der Waals surface area contributed by atoms with Gasteiger partial charge in [-0.25, -0.2) is 4.99 Å². The fourth-order valence-corrected chi connectivity index (χ4v) is 8.73. The molecule has 1 aliphatic heterocycles. The van der Waals surface area contributed by atoms with Crippen LogP contribution in [0.1, 0.15) is 60.4 Å². The van der Waals surface area contributed by atoms with Crippen LogP contribution in [0.3, 0.4) is 0 Å². The first kappa shape index (κ1) is 29.9. The molecular formula is C48H39N3. The van der Waals surface area contributed by atoms with Gasteiger partial charge in [0.2, 0.25) is 0 Å². The number of hydrogen-bond donors (Lipinski definition) is 0. The number of fused-ring (bicyclic) bond motifs is 6. The van der Waals surface area contributed by atoms with Crippen molar-refractivity contribution in [1.82, 2.24) is 4.57 Å². The average molecular weight is 658 g/mol. The fraction of sp³-hybridized carbons (Fsp3) is 0.146. The van der Waals surface area contributed by atoms with E-state index in [1.165, 1.54) is 66.8 Å². The molecule has 0 saturated carbocycles. The maximum absolute atomic E-state index is 5.32. The minimum atomic E-state index is -0.120. The normalized spacial score (nSPS) is 18.2. The van der Waals surface area contributed by atoms with E-state index in [4.69, 9.17) is 4.99 Å². The number of amidine groups is 1. The van der Waals surface area contributed by atoms with E-state index in [1.807, 2.05) is 0 Å². The molecule has 1 aromatic heterocycles. The number of rotatable bonds is 5. The summed E-state index contributed by atoms with van der Waals surface area (Å²) in [5.74, 6) is 1.48. The summed E-state index contributed by atoms with van der Waals surface area (Å²) in [6.45, 7) is 7.07. The summed E-state index contributed by atoms with van der Waals surface area (Å²) in [5, 5.41) is 1.33. The van der Waals surface area contributed by atoms with Crippen molar-refractivity contribution >= 4 is 28.5 Å². The molecule has 2 aliphatic carbocycles. The zero-order valence-corrected chi connectivity index (χ0v) is 29.2. The molecule has 0 fully saturated rings. The molecule has 2 heterocycles. The van der Waals surface area contributed by atoms with E-state index in [0.717, 1.165) is 23.5 Å². The minimum Gasteiger partial charge on any atom is -0.313 e. The second kappa shape index (κ2) is 11.3. The Kier molecular flexibility index (Phi) is 6.63. The summed E-state index contributed by atoms with van der Waals surface area (Å²) in [6.07, 6.45) is 5.64. The lowest BCUT2D eigenvalue weighted by Crippen LogP contribution is -2.43. The molecule has 51 heavy (non-hydrogen) atoms. The Hall–Kier alpha value is -5.93. The highest BCUT2D eigenvalue weighted by atomic mass is 15.4. The summed E-state index contributed by atoms with van der Waals surface area (Å²) in [6, 6.07) is 53.1. The maximum Gasteiger partial charge on any atom is 0.155 e. The molecule has 2 atom stereocenters. The topological polar surface area (TPSA) is 20.5 Å². The van der Waals surface area contributed by atoms with Crippen LogP contribution in [-0.4, -0.2) is 10.4 Å². The number of aromatic nitrogens is 1. The molecule has 7 aromatic rings. The van der Waals surface area contributed by atoms with E-state index in [0.29, 0.717) is 5.92 Å². The summed E-state index contributed by atoms with van der Waals surface area (Å²) in [7, 11) is 0. The van der Waals surface area contributed by atoms with Crippen LogP contribution < -0.4 is 4.90 Å². The molecule has 10 rings (SSSR count). The maximum atomic E-state index is 5.32. The highest BCUT2D eigenvalue weighted by Crippen LogP contribution is 2.51. The van der Waals surface area contributed by atoms with Crippen molar-refractivity contribution in [3.8, 4) is 27.9 Å². The van der Waals surface area contributed by atoms with E-state index >= 15 is 0 Å². The number of para-hydroxylation sites is 1. The predicted octanol–water partition coefficient (Wildman–Crippen LogP) is 11.8. The molecule has 0 radical (unpaired) electrons. The van der Waals surface area contributed by atoms with Gasteiger partial charge in [0.15, 0.2) is 6.17 Å². The van der Waals surface area contributed by atoms with E-state index in [1.54, 1.807) is 0 Å². The van der Waals surface area contributed by atoms with Gasteiger partial charge in [-0.2, -0.15) is 0 Å². The van der Waals surface area contributed by atoms with Crippen molar-refractivity contribution < 1.29 is 0 Å². The minimum absolute atomic E-state index is 0.0623. The first-order chi connectivity index (χ1) is 25.0. The summed E-state index contributed by atoms with van der Waals surface area (Å²) in [4.78, 5) is 7.70. The Morgan fingerprint density at radius 3 is 2.12 bits per heavy atom. The van der Waals surface area contributed by atoms with Crippen LogP contribution in [0, 0.1) is 5.92 Å². The molecule has 0 saturated heterocycles. The lowest BCUT2D eigenvalue weighted by atomic mass is 9.82. The zero-order valence-electron chi connectivity index (χ0n) is 29.2. The highest BCUT2D eigenvalue weighted by molar-refractivity contribution is 6.14. The van der Waals surface area contributed by atoms with Gasteiger partial charge in [0.25, 0.3) is 0 Å². The lowest BCUT2D eigenvalue weighted by Gasteiger charge is -2.41. The molecule has 2 unspecified atom stereocenters. The van der Waals surface area contributed by atoms with Crippen molar-refractivity contribution in [2.45, 2.75) is 38.8 Å². The average Bonchev–Trinajstić information content (AvgIpc) is 3.58. The monoisotopic (exact) mass is 657 g/mol. The number of nitrogens with zero attached hydrogens (tertiary/aromatic N) is 3. The van der Waals surface area contributed by atoms with Crippen LogP contribution in [0.4, 0.5) is 5.69 Å². The molecule has 3 heteroatoms. The van der Waals surface area contributed by atoms with E-state index < -0.39 is 0 Å². The molecule has 246 valence electrons. The fourth-order valence-electron chi connectivity index (χ4n) is 8.73. The predicted molar refractivity (Wildman–Crippen MR) is 213 cm³/mol. The largest absolute Gasteiger partial charge is 0.313 e. The third-order valence-electron chi connectivity index (χ3n) is 11.3. The molecule has 0 bridgehead atoms. The Bertz CT molecular complexity index is 2530. The van der Waals surface area contributed by atoms with Gasteiger partial charge >= 0.3 is 0 Å². The molecule has 0 N–H and O–H groups in total. The Morgan fingerprint density at radius 2 is 1.31 bits per heavy atom.